The van der Waals surface area contributed by atoms with Crippen molar-refractivity contribution in [3.05, 3.63) is 42.4 Å². The number of aromatic nitrogens is 2. The van der Waals surface area contributed by atoms with Crippen LogP contribution in [0.5, 0.6) is 17.4 Å². The Morgan fingerprint density at radius 3 is 2.37 bits per heavy atom. The lowest BCUT2D eigenvalue weighted by Crippen LogP contribution is -2.15. The molecule has 1 aromatic carbocycles. The summed E-state index contributed by atoms with van der Waals surface area (Å²) in [6, 6.07) is 7.04. The van der Waals surface area contributed by atoms with Crippen LogP contribution in [0.1, 0.15) is 5.69 Å². The molecule has 2 aromatic rings. The molecule has 0 amide bonds. The Kier molecular flexibility index (Phi) is 3.77. The highest BCUT2D eigenvalue weighted by Crippen LogP contribution is 2.21. The number of amidine groups is 1. The van der Waals surface area contributed by atoms with E-state index in [1.54, 1.807) is 31.4 Å². The molecule has 1 aromatic heterocycles. The summed E-state index contributed by atoms with van der Waals surface area (Å²) in [6.45, 7) is 0. The Hall–Kier alpha value is -2.83. The summed E-state index contributed by atoms with van der Waals surface area (Å²) in [5.74, 6) is 1.54. The molecule has 0 atom stereocenters. The standard InChI is InChI=1S/C12H12N4O3/c1-18-8-2-4-9(5-3-8)19-11-7-14-10(6-15-11)12(13)16-17/h2-7,17H,1H3,(H2,13,16). The van der Waals surface area contributed by atoms with E-state index >= 15 is 0 Å². The van der Waals surface area contributed by atoms with Gasteiger partial charge in [0.2, 0.25) is 5.88 Å². The average molecular weight is 260 g/mol. The highest BCUT2D eigenvalue weighted by atomic mass is 16.5. The fourth-order valence-corrected chi connectivity index (χ4v) is 1.32. The first-order valence-electron chi connectivity index (χ1n) is 5.35. The maximum absolute atomic E-state index is 8.49. The molecule has 7 heteroatoms. The van der Waals surface area contributed by atoms with Crippen LogP contribution in [-0.2, 0) is 0 Å². The first-order valence-corrected chi connectivity index (χ1v) is 5.35. The predicted molar refractivity (Wildman–Crippen MR) is 67.6 cm³/mol. The lowest BCUT2D eigenvalue weighted by molar-refractivity contribution is 0.318. The zero-order chi connectivity index (χ0) is 13.7. The van der Waals surface area contributed by atoms with E-state index in [0.717, 1.165) is 5.75 Å². The smallest absolute Gasteiger partial charge is 0.237 e. The van der Waals surface area contributed by atoms with Gasteiger partial charge < -0.3 is 20.4 Å². The van der Waals surface area contributed by atoms with E-state index in [9.17, 15) is 0 Å². The molecule has 3 N–H and O–H groups in total. The van der Waals surface area contributed by atoms with Crippen molar-refractivity contribution in [3.8, 4) is 17.4 Å². The van der Waals surface area contributed by atoms with Crippen molar-refractivity contribution >= 4 is 5.84 Å². The first-order chi connectivity index (χ1) is 9.22. The summed E-state index contributed by atoms with van der Waals surface area (Å²) in [5, 5.41) is 11.3. The Balaban J connectivity index is 2.10. The molecule has 98 valence electrons. The average Bonchev–Trinajstić information content (AvgIpc) is 2.48. The van der Waals surface area contributed by atoms with Crippen molar-refractivity contribution < 1.29 is 14.7 Å². The van der Waals surface area contributed by atoms with Gasteiger partial charge in [-0.1, -0.05) is 5.16 Å². The minimum absolute atomic E-state index is 0.108. The quantitative estimate of drug-likeness (QED) is 0.372. The van der Waals surface area contributed by atoms with Gasteiger partial charge in [0.15, 0.2) is 5.84 Å². The SMILES string of the molecule is COc1ccc(Oc2cnc(C(N)=NO)cn2)cc1. The highest BCUT2D eigenvalue weighted by Gasteiger charge is 2.04. The second kappa shape index (κ2) is 5.67. The summed E-state index contributed by atoms with van der Waals surface area (Å²) in [7, 11) is 1.59. The van der Waals surface area contributed by atoms with Gasteiger partial charge in [-0.2, -0.15) is 0 Å². The number of ether oxygens (including phenoxy) is 2. The maximum Gasteiger partial charge on any atom is 0.237 e. The normalized spacial score (nSPS) is 11.1. The lowest BCUT2D eigenvalue weighted by atomic mass is 10.3. The lowest BCUT2D eigenvalue weighted by Gasteiger charge is -2.05. The third-order valence-electron chi connectivity index (χ3n) is 2.28. The molecule has 0 fully saturated rings. The van der Waals surface area contributed by atoms with E-state index in [4.69, 9.17) is 20.4 Å². The zero-order valence-electron chi connectivity index (χ0n) is 10.1. The number of methoxy groups -OCH3 is 1. The van der Waals surface area contributed by atoms with Gasteiger partial charge in [-0.25, -0.2) is 9.97 Å². The van der Waals surface area contributed by atoms with E-state index in [0.29, 0.717) is 11.6 Å². The van der Waals surface area contributed by atoms with Gasteiger partial charge in [0.1, 0.15) is 17.2 Å². The number of benzene rings is 1. The van der Waals surface area contributed by atoms with Crippen molar-refractivity contribution in [2.45, 2.75) is 0 Å². The third-order valence-corrected chi connectivity index (χ3v) is 2.28. The molecular weight excluding hydrogens is 248 g/mol. The number of oxime groups is 1. The van der Waals surface area contributed by atoms with Crippen LogP contribution < -0.4 is 15.2 Å². The van der Waals surface area contributed by atoms with Crippen LogP contribution in [0.15, 0.2) is 41.8 Å². The van der Waals surface area contributed by atoms with Crippen molar-refractivity contribution in [2.75, 3.05) is 7.11 Å². The van der Waals surface area contributed by atoms with Gasteiger partial charge in [0, 0.05) is 0 Å². The van der Waals surface area contributed by atoms with Crippen LogP contribution in [0.25, 0.3) is 0 Å². The predicted octanol–water partition coefficient (Wildman–Crippen LogP) is 1.37. The van der Waals surface area contributed by atoms with Crippen LogP contribution >= 0.6 is 0 Å². The number of hydrogen-bond donors (Lipinski definition) is 2. The van der Waals surface area contributed by atoms with Gasteiger partial charge in [-0.3, -0.25) is 0 Å². The molecule has 0 aliphatic heterocycles. The topological polar surface area (TPSA) is 103 Å². The van der Waals surface area contributed by atoms with Gasteiger partial charge in [-0.05, 0) is 24.3 Å². The molecule has 2 rings (SSSR count). The Bertz CT molecular complexity index is 567. The van der Waals surface area contributed by atoms with Gasteiger partial charge >= 0.3 is 0 Å². The van der Waals surface area contributed by atoms with Crippen molar-refractivity contribution in [2.24, 2.45) is 10.9 Å². The molecule has 0 unspecified atom stereocenters. The molecule has 0 saturated carbocycles. The molecule has 1 heterocycles. The molecule has 0 bridgehead atoms. The van der Waals surface area contributed by atoms with Crippen LogP contribution in [0.4, 0.5) is 0 Å². The molecular formula is C12H12N4O3. The van der Waals surface area contributed by atoms with Crippen LogP contribution in [0, 0.1) is 0 Å². The summed E-state index contributed by atoms with van der Waals surface area (Å²) < 4.78 is 10.5. The monoisotopic (exact) mass is 260 g/mol. The minimum atomic E-state index is -0.108. The Labute approximate surface area is 109 Å². The summed E-state index contributed by atoms with van der Waals surface area (Å²) >= 11 is 0. The van der Waals surface area contributed by atoms with Crippen molar-refractivity contribution in [3.63, 3.8) is 0 Å². The third kappa shape index (κ3) is 3.09. The number of hydrogen-bond acceptors (Lipinski definition) is 6. The van der Waals surface area contributed by atoms with Crippen LogP contribution in [-0.4, -0.2) is 28.1 Å². The van der Waals surface area contributed by atoms with E-state index in [1.165, 1.54) is 12.4 Å². The zero-order valence-corrected chi connectivity index (χ0v) is 10.1. The van der Waals surface area contributed by atoms with E-state index in [1.807, 2.05) is 0 Å². The molecule has 0 radical (unpaired) electrons. The maximum atomic E-state index is 8.49. The molecule has 0 aliphatic rings. The van der Waals surface area contributed by atoms with Gasteiger partial charge in [0.25, 0.3) is 0 Å². The fourth-order valence-electron chi connectivity index (χ4n) is 1.32. The van der Waals surface area contributed by atoms with Crippen molar-refractivity contribution in [1.82, 2.24) is 9.97 Å². The van der Waals surface area contributed by atoms with Gasteiger partial charge in [0.05, 0.1) is 19.5 Å². The number of rotatable bonds is 4. The Morgan fingerprint density at radius 2 is 1.84 bits per heavy atom. The summed E-state index contributed by atoms with van der Waals surface area (Å²) in [5.41, 5.74) is 5.64. The van der Waals surface area contributed by atoms with Crippen LogP contribution in [0.2, 0.25) is 0 Å². The highest BCUT2D eigenvalue weighted by molar-refractivity contribution is 5.94. The minimum Gasteiger partial charge on any atom is -0.497 e. The largest absolute Gasteiger partial charge is 0.497 e. The second-order valence-electron chi connectivity index (χ2n) is 3.50. The fraction of sp³-hybridized carbons (Fsp3) is 0.0833. The Morgan fingerprint density at radius 1 is 1.16 bits per heavy atom. The second-order valence-corrected chi connectivity index (χ2v) is 3.50. The van der Waals surface area contributed by atoms with Crippen LogP contribution in [0.3, 0.4) is 0 Å². The number of nitrogens with zero attached hydrogens (tertiary/aromatic N) is 3. The molecule has 7 nitrogen and oxygen atoms in total. The number of nitrogens with two attached hydrogens (primary N) is 1. The van der Waals surface area contributed by atoms with E-state index in [2.05, 4.69) is 15.1 Å². The van der Waals surface area contributed by atoms with E-state index < -0.39 is 0 Å². The molecule has 19 heavy (non-hydrogen) atoms. The molecule has 0 aliphatic carbocycles. The van der Waals surface area contributed by atoms with Gasteiger partial charge in [-0.15, -0.1) is 0 Å². The molecule has 0 spiro atoms. The molecule has 0 saturated heterocycles. The van der Waals surface area contributed by atoms with E-state index in [-0.39, 0.29) is 11.5 Å². The first kappa shape index (κ1) is 12.6. The van der Waals surface area contributed by atoms with Crippen molar-refractivity contribution in [1.29, 1.82) is 0 Å². The summed E-state index contributed by atoms with van der Waals surface area (Å²) in [6.07, 6.45) is 2.74. The summed E-state index contributed by atoms with van der Waals surface area (Å²) in [4.78, 5) is 7.95.